The lowest BCUT2D eigenvalue weighted by atomic mass is 10.1. The molecule has 1 saturated heterocycles. The zero-order valence-corrected chi connectivity index (χ0v) is 9.82. The van der Waals surface area contributed by atoms with Crippen molar-refractivity contribution in [1.29, 1.82) is 0 Å². The second-order valence-electron chi connectivity index (χ2n) is 5.01. The van der Waals surface area contributed by atoms with E-state index in [-0.39, 0.29) is 11.8 Å². The maximum Gasteiger partial charge on any atom is 0.409 e. The van der Waals surface area contributed by atoms with Gasteiger partial charge in [0.2, 0.25) is 0 Å². The summed E-state index contributed by atoms with van der Waals surface area (Å²) in [5.74, 6) is 0. The summed E-state index contributed by atoms with van der Waals surface area (Å²) >= 11 is 0. The van der Waals surface area contributed by atoms with Crippen molar-refractivity contribution in [2.45, 2.75) is 58.3 Å². The molecule has 1 rings (SSSR count). The van der Waals surface area contributed by atoms with E-state index >= 15 is 0 Å². The average Bonchev–Trinajstić information content (AvgIpc) is 2.26. The molecule has 0 aliphatic carbocycles. The Morgan fingerprint density at radius 3 is 2.53 bits per heavy atom. The molecule has 0 aromatic heterocycles. The molecule has 0 bridgehead atoms. The van der Waals surface area contributed by atoms with Gasteiger partial charge in [0.15, 0.2) is 0 Å². The van der Waals surface area contributed by atoms with E-state index in [1.54, 1.807) is 0 Å². The summed E-state index contributed by atoms with van der Waals surface area (Å²) in [6.07, 6.45) is 2.74. The standard InChI is InChI=1S/C11H21NO3/c1-11(2,3)15-9-7-5-4-6-8-12(9)10(13)14/h9H,4-8H2,1-3H3,(H,13,14). The van der Waals surface area contributed by atoms with Gasteiger partial charge < -0.3 is 9.84 Å². The van der Waals surface area contributed by atoms with Crippen LogP contribution in [0.15, 0.2) is 0 Å². The van der Waals surface area contributed by atoms with Crippen molar-refractivity contribution >= 4 is 6.09 Å². The predicted molar refractivity (Wildman–Crippen MR) is 57.8 cm³/mol. The third-order valence-electron chi connectivity index (χ3n) is 2.43. The molecule has 1 amide bonds. The fourth-order valence-electron chi connectivity index (χ4n) is 1.83. The van der Waals surface area contributed by atoms with E-state index in [1.165, 1.54) is 4.90 Å². The second-order valence-corrected chi connectivity index (χ2v) is 5.01. The van der Waals surface area contributed by atoms with Gasteiger partial charge in [-0.3, -0.25) is 4.90 Å². The fraction of sp³-hybridized carbons (Fsp3) is 0.909. The third-order valence-corrected chi connectivity index (χ3v) is 2.43. The largest absolute Gasteiger partial charge is 0.465 e. The molecule has 1 unspecified atom stereocenters. The Morgan fingerprint density at radius 1 is 1.33 bits per heavy atom. The molecule has 1 aliphatic rings. The normalized spacial score (nSPS) is 23.7. The van der Waals surface area contributed by atoms with Gasteiger partial charge in [0.1, 0.15) is 6.23 Å². The highest BCUT2D eigenvalue weighted by Crippen LogP contribution is 2.22. The lowest BCUT2D eigenvalue weighted by Crippen LogP contribution is -2.44. The van der Waals surface area contributed by atoms with Crippen LogP contribution < -0.4 is 0 Å². The van der Waals surface area contributed by atoms with Gasteiger partial charge in [0.25, 0.3) is 0 Å². The van der Waals surface area contributed by atoms with Crippen LogP contribution in [-0.2, 0) is 4.74 Å². The third kappa shape index (κ3) is 4.08. The van der Waals surface area contributed by atoms with Crippen LogP contribution in [0.1, 0.15) is 46.5 Å². The Labute approximate surface area is 91.2 Å². The van der Waals surface area contributed by atoms with Crippen LogP contribution in [0.5, 0.6) is 0 Å². The van der Waals surface area contributed by atoms with Gasteiger partial charge in [-0.15, -0.1) is 0 Å². The van der Waals surface area contributed by atoms with E-state index in [4.69, 9.17) is 9.84 Å². The highest BCUT2D eigenvalue weighted by atomic mass is 16.5. The molecule has 0 radical (unpaired) electrons. The van der Waals surface area contributed by atoms with Gasteiger partial charge in [-0.1, -0.05) is 6.42 Å². The molecule has 0 aromatic carbocycles. The summed E-state index contributed by atoms with van der Waals surface area (Å²) < 4.78 is 5.78. The molecule has 0 aromatic rings. The van der Waals surface area contributed by atoms with Crippen molar-refractivity contribution in [3.05, 3.63) is 0 Å². The predicted octanol–water partition coefficient (Wildman–Crippen LogP) is 2.68. The van der Waals surface area contributed by atoms with E-state index in [0.717, 1.165) is 25.7 Å². The minimum absolute atomic E-state index is 0.273. The first kappa shape index (κ1) is 12.3. The summed E-state index contributed by atoms with van der Waals surface area (Å²) in [4.78, 5) is 12.5. The Balaban J connectivity index is 2.66. The Hall–Kier alpha value is -0.770. The van der Waals surface area contributed by atoms with E-state index in [1.807, 2.05) is 20.8 Å². The zero-order valence-electron chi connectivity index (χ0n) is 9.82. The van der Waals surface area contributed by atoms with Gasteiger partial charge in [-0.25, -0.2) is 4.79 Å². The Morgan fingerprint density at radius 2 is 2.00 bits per heavy atom. The summed E-state index contributed by atoms with van der Waals surface area (Å²) in [5, 5.41) is 9.08. The van der Waals surface area contributed by atoms with Crippen molar-refractivity contribution in [3.63, 3.8) is 0 Å². The molecular formula is C11H21NO3. The minimum Gasteiger partial charge on any atom is -0.465 e. The summed E-state index contributed by atoms with van der Waals surface area (Å²) in [6, 6.07) is 0. The first-order valence-electron chi connectivity index (χ1n) is 5.57. The number of carbonyl (C=O) groups is 1. The van der Waals surface area contributed by atoms with Crippen LogP contribution in [0.2, 0.25) is 0 Å². The van der Waals surface area contributed by atoms with Crippen LogP contribution >= 0.6 is 0 Å². The van der Waals surface area contributed by atoms with E-state index in [2.05, 4.69) is 0 Å². The van der Waals surface area contributed by atoms with Gasteiger partial charge in [0, 0.05) is 6.54 Å². The monoisotopic (exact) mass is 215 g/mol. The number of amides is 1. The van der Waals surface area contributed by atoms with Crippen LogP contribution in [-0.4, -0.2) is 34.5 Å². The smallest absolute Gasteiger partial charge is 0.409 e. The lowest BCUT2D eigenvalue weighted by molar-refractivity contribution is -0.122. The first-order chi connectivity index (χ1) is 6.90. The molecule has 0 spiro atoms. The van der Waals surface area contributed by atoms with Gasteiger partial charge in [-0.2, -0.15) is 0 Å². The molecule has 4 nitrogen and oxygen atoms in total. The summed E-state index contributed by atoms with van der Waals surface area (Å²) in [5.41, 5.74) is -0.289. The molecule has 1 heterocycles. The molecule has 1 aliphatic heterocycles. The lowest BCUT2D eigenvalue weighted by Gasteiger charge is -2.33. The van der Waals surface area contributed by atoms with Gasteiger partial charge in [0.05, 0.1) is 5.60 Å². The molecule has 1 atom stereocenters. The molecule has 1 N–H and O–H groups in total. The number of hydrogen-bond acceptors (Lipinski definition) is 2. The fourth-order valence-corrected chi connectivity index (χ4v) is 1.83. The molecule has 0 saturated carbocycles. The van der Waals surface area contributed by atoms with Gasteiger partial charge in [-0.05, 0) is 40.0 Å². The highest BCUT2D eigenvalue weighted by molar-refractivity contribution is 5.65. The SMILES string of the molecule is CC(C)(C)OC1CCCCCN1C(=O)O. The molecule has 15 heavy (non-hydrogen) atoms. The Kier molecular flexibility index (Phi) is 3.97. The number of rotatable bonds is 1. The van der Waals surface area contributed by atoms with Crippen molar-refractivity contribution in [2.75, 3.05) is 6.54 Å². The molecule has 4 heteroatoms. The van der Waals surface area contributed by atoms with Crippen molar-refractivity contribution in [2.24, 2.45) is 0 Å². The van der Waals surface area contributed by atoms with Crippen LogP contribution in [0.25, 0.3) is 0 Å². The number of hydrogen-bond donors (Lipinski definition) is 1. The van der Waals surface area contributed by atoms with E-state index in [0.29, 0.717) is 6.54 Å². The maximum absolute atomic E-state index is 11.0. The van der Waals surface area contributed by atoms with E-state index < -0.39 is 6.09 Å². The second kappa shape index (κ2) is 4.84. The number of likely N-dealkylation sites (tertiary alicyclic amines) is 1. The van der Waals surface area contributed by atoms with Crippen LogP contribution in [0.3, 0.4) is 0 Å². The number of carboxylic acid groups (broad SMARTS) is 1. The number of nitrogens with zero attached hydrogens (tertiary/aromatic N) is 1. The van der Waals surface area contributed by atoms with Crippen LogP contribution in [0, 0.1) is 0 Å². The van der Waals surface area contributed by atoms with Crippen LogP contribution in [0.4, 0.5) is 4.79 Å². The van der Waals surface area contributed by atoms with Crippen molar-refractivity contribution in [1.82, 2.24) is 4.90 Å². The zero-order chi connectivity index (χ0) is 11.5. The van der Waals surface area contributed by atoms with Crippen molar-refractivity contribution in [3.8, 4) is 0 Å². The maximum atomic E-state index is 11.0. The molecule has 1 fully saturated rings. The molecular weight excluding hydrogens is 194 g/mol. The van der Waals surface area contributed by atoms with Crippen molar-refractivity contribution < 1.29 is 14.6 Å². The molecule has 88 valence electrons. The topological polar surface area (TPSA) is 49.8 Å². The number of ether oxygens (including phenoxy) is 1. The first-order valence-corrected chi connectivity index (χ1v) is 5.57. The minimum atomic E-state index is -0.869. The summed E-state index contributed by atoms with van der Waals surface area (Å²) in [7, 11) is 0. The summed E-state index contributed by atoms with van der Waals surface area (Å²) in [6.45, 7) is 6.46. The average molecular weight is 215 g/mol. The quantitative estimate of drug-likeness (QED) is 0.731. The Bertz CT molecular complexity index is 222. The highest BCUT2D eigenvalue weighted by Gasteiger charge is 2.29. The van der Waals surface area contributed by atoms with Gasteiger partial charge >= 0.3 is 6.09 Å². The van der Waals surface area contributed by atoms with E-state index in [9.17, 15) is 4.79 Å².